The van der Waals surface area contributed by atoms with Gasteiger partial charge in [-0.1, -0.05) is 59.6 Å². The third kappa shape index (κ3) is 6.10. The van der Waals surface area contributed by atoms with E-state index in [1.807, 2.05) is 18.2 Å². The number of halogens is 2. The predicted molar refractivity (Wildman–Crippen MR) is 148 cm³/mol. The number of carbonyl (C=O) groups excluding carboxylic acids is 1. The number of carboxylic acids is 1. The quantitative estimate of drug-likeness (QED) is 0.387. The zero-order valence-electron chi connectivity index (χ0n) is 20.9. The summed E-state index contributed by atoms with van der Waals surface area (Å²) in [5.74, 6) is -1.94. The number of nitriles is 1. The van der Waals surface area contributed by atoms with Crippen molar-refractivity contribution in [1.29, 1.82) is 5.26 Å². The number of benzene rings is 3. The SMILES string of the molecule is C[C@@]1(C(=O)N[C@@H](Cc2ccc(-c3cccc(C#N)c3)cc2)C(=O)O)CCCN1S(=O)(=O)c1cc(Cl)cc(Cl)c1. The minimum absolute atomic E-state index is 0.00762. The van der Waals surface area contributed by atoms with E-state index in [0.717, 1.165) is 15.4 Å². The molecule has 0 bridgehead atoms. The van der Waals surface area contributed by atoms with E-state index in [1.165, 1.54) is 25.1 Å². The molecule has 2 N–H and O–H groups in total. The van der Waals surface area contributed by atoms with Gasteiger partial charge < -0.3 is 10.4 Å². The van der Waals surface area contributed by atoms with Gasteiger partial charge in [0.2, 0.25) is 15.9 Å². The lowest BCUT2D eigenvalue weighted by molar-refractivity contribution is -0.143. The van der Waals surface area contributed by atoms with Gasteiger partial charge in [0.15, 0.2) is 0 Å². The van der Waals surface area contributed by atoms with E-state index in [9.17, 15) is 23.1 Å². The number of carboxylic acid groups (broad SMARTS) is 1. The second-order valence-corrected chi connectivity index (χ2v) is 12.3. The fourth-order valence-electron chi connectivity index (χ4n) is 4.71. The average Bonchev–Trinajstić information content (AvgIpc) is 3.31. The summed E-state index contributed by atoms with van der Waals surface area (Å²) in [6.07, 6.45) is 0.630. The minimum atomic E-state index is -4.15. The van der Waals surface area contributed by atoms with Crippen molar-refractivity contribution in [3.05, 3.63) is 87.9 Å². The molecule has 0 saturated carbocycles. The summed E-state index contributed by atoms with van der Waals surface area (Å²) < 4.78 is 28.0. The van der Waals surface area contributed by atoms with Crippen LogP contribution in [-0.2, 0) is 26.0 Å². The first kappa shape index (κ1) is 28.6. The molecule has 1 amide bonds. The average molecular weight is 586 g/mol. The van der Waals surface area contributed by atoms with Crippen LogP contribution in [0.3, 0.4) is 0 Å². The highest BCUT2D eigenvalue weighted by Crippen LogP contribution is 2.36. The highest BCUT2D eigenvalue weighted by Gasteiger charge is 2.50. The monoisotopic (exact) mass is 585 g/mol. The second-order valence-electron chi connectivity index (χ2n) is 9.52. The third-order valence-electron chi connectivity index (χ3n) is 6.81. The fraction of sp³-hybridized carbons (Fsp3) is 0.250. The Bertz CT molecular complexity index is 1550. The number of nitrogens with zero attached hydrogens (tertiary/aromatic N) is 2. The largest absolute Gasteiger partial charge is 0.480 e. The smallest absolute Gasteiger partial charge is 0.326 e. The Morgan fingerprint density at radius 2 is 1.74 bits per heavy atom. The summed E-state index contributed by atoms with van der Waals surface area (Å²) in [7, 11) is -4.15. The van der Waals surface area contributed by atoms with E-state index in [-0.39, 0.29) is 34.3 Å². The number of nitrogens with one attached hydrogen (secondary N) is 1. The van der Waals surface area contributed by atoms with Gasteiger partial charge in [-0.2, -0.15) is 9.57 Å². The van der Waals surface area contributed by atoms with Crippen molar-refractivity contribution >= 4 is 45.1 Å². The van der Waals surface area contributed by atoms with E-state index in [0.29, 0.717) is 17.5 Å². The molecule has 0 aliphatic carbocycles. The molecule has 202 valence electrons. The molecule has 1 saturated heterocycles. The van der Waals surface area contributed by atoms with Crippen molar-refractivity contribution < 1.29 is 23.1 Å². The van der Waals surface area contributed by atoms with Gasteiger partial charge in [-0.25, -0.2) is 13.2 Å². The van der Waals surface area contributed by atoms with Gasteiger partial charge in [0.05, 0.1) is 16.5 Å². The number of rotatable bonds is 8. The minimum Gasteiger partial charge on any atom is -0.480 e. The molecule has 0 radical (unpaired) electrons. The first-order valence-electron chi connectivity index (χ1n) is 12.1. The Hall–Kier alpha value is -3.42. The molecule has 8 nitrogen and oxygen atoms in total. The first-order chi connectivity index (χ1) is 18.4. The molecule has 11 heteroatoms. The zero-order chi connectivity index (χ0) is 28.4. The molecule has 39 heavy (non-hydrogen) atoms. The third-order valence-corrected chi connectivity index (χ3v) is 9.24. The van der Waals surface area contributed by atoms with Crippen LogP contribution in [0, 0.1) is 11.3 Å². The molecule has 3 aromatic carbocycles. The van der Waals surface area contributed by atoms with Gasteiger partial charge in [0.1, 0.15) is 11.6 Å². The van der Waals surface area contributed by atoms with Crippen LogP contribution in [0.5, 0.6) is 0 Å². The lowest BCUT2D eigenvalue weighted by Crippen LogP contribution is -2.58. The highest BCUT2D eigenvalue weighted by atomic mass is 35.5. The summed E-state index contributed by atoms with van der Waals surface area (Å²) in [6.45, 7) is 1.57. The van der Waals surface area contributed by atoms with E-state index in [4.69, 9.17) is 28.5 Å². The number of aliphatic carboxylic acids is 1. The summed E-state index contributed by atoms with van der Waals surface area (Å²) >= 11 is 12.0. The van der Waals surface area contributed by atoms with Crippen LogP contribution in [0.25, 0.3) is 11.1 Å². The highest BCUT2D eigenvalue weighted by molar-refractivity contribution is 7.89. The van der Waals surface area contributed by atoms with Crippen LogP contribution in [0.15, 0.2) is 71.6 Å². The maximum absolute atomic E-state index is 13.5. The van der Waals surface area contributed by atoms with Crippen molar-refractivity contribution in [1.82, 2.24) is 9.62 Å². The van der Waals surface area contributed by atoms with E-state index < -0.39 is 33.5 Å². The molecular weight excluding hydrogens is 561 g/mol. The summed E-state index contributed by atoms with van der Waals surface area (Å²) in [5.41, 5.74) is 1.39. The van der Waals surface area contributed by atoms with Gasteiger partial charge in [0, 0.05) is 23.0 Å². The van der Waals surface area contributed by atoms with Crippen LogP contribution < -0.4 is 5.32 Å². The molecule has 0 unspecified atom stereocenters. The van der Waals surface area contributed by atoms with Gasteiger partial charge >= 0.3 is 5.97 Å². The lowest BCUT2D eigenvalue weighted by Gasteiger charge is -2.34. The van der Waals surface area contributed by atoms with Gasteiger partial charge in [0.25, 0.3) is 0 Å². The Morgan fingerprint density at radius 1 is 1.08 bits per heavy atom. The van der Waals surface area contributed by atoms with E-state index in [2.05, 4.69) is 11.4 Å². The molecule has 1 aliphatic heterocycles. The standard InChI is InChI=1S/C28H25Cl2N3O5S/c1-28(10-3-11-33(28)39(37,38)24-15-22(29)14-23(30)16-24)27(36)32-25(26(34)35)13-18-6-8-20(9-7-18)21-5-2-4-19(12-21)17-31/h2,4-9,12,14-16,25H,3,10-11,13H2,1H3,(H,32,36)(H,34,35)/t25-,28-/m0/s1. The Kier molecular flexibility index (Phi) is 8.33. The van der Waals surface area contributed by atoms with E-state index >= 15 is 0 Å². The Labute approximate surface area is 236 Å². The van der Waals surface area contributed by atoms with Crippen LogP contribution >= 0.6 is 23.2 Å². The fourth-order valence-corrected chi connectivity index (χ4v) is 7.24. The summed E-state index contributed by atoms with van der Waals surface area (Å²) in [5, 5.41) is 21.8. The van der Waals surface area contributed by atoms with Crippen LogP contribution in [0.2, 0.25) is 10.0 Å². The maximum atomic E-state index is 13.5. The second kappa shape index (κ2) is 11.4. The molecule has 0 spiro atoms. The molecule has 4 rings (SSSR count). The van der Waals surface area contributed by atoms with Crippen molar-refractivity contribution in [2.75, 3.05) is 6.54 Å². The zero-order valence-corrected chi connectivity index (χ0v) is 23.2. The molecule has 3 aromatic rings. The molecular formula is C28H25Cl2N3O5S. The summed E-state index contributed by atoms with van der Waals surface area (Å²) in [4.78, 5) is 25.4. The Morgan fingerprint density at radius 3 is 2.36 bits per heavy atom. The normalized spacial score (nSPS) is 18.3. The number of sulfonamides is 1. The number of carbonyl (C=O) groups is 2. The molecule has 1 fully saturated rings. The van der Waals surface area contributed by atoms with Gasteiger partial charge in [-0.3, -0.25) is 4.79 Å². The van der Waals surface area contributed by atoms with E-state index in [1.54, 1.807) is 30.3 Å². The first-order valence-corrected chi connectivity index (χ1v) is 14.3. The number of amides is 1. The van der Waals surface area contributed by atoms with Crippen molar-refractivity contribution in [2.45, 2.75) is 42.7 Å². The van der Waals surface area contributed by atoms with Crippen molar-refractivity contribution in [3.63, 3.8) is 0 Å². The number of hydrogen-bond donors (Lipinski definition) is 2. The summed E-state index contributed by atoms with van der Waals surface area (Å²) in [6, 6.07) is 19.0. The molecule has 0 aromatic heterocycles. The molecule has 2 atom stereocenters. The maximum Gasteiger partial charge on any atom is 0.326 e. The van der Waals surface area contributed by atoms with Crippen molar-refractivity contribution in [3.8, 4) is 17.2 Å². The van der Waals surface area contributed by atoms with Gasteiger partial charge in [-0.05, 0) is 66.8 Å². The Balaban J connectivity index is 1.53. The predicted octanol–water partition coefficient (Wildman–Crippen LogP) is 4.89. The lowest BCUT2D eigenvalue weighted by atomic mass is 9.97. The van der Waals surface area contributed by atoms with Crippen LogP contribution in [0.1, 0.15) is 30.9 Å². The van der Waals surface area contributed by atoms with Crippen LogP contribution in [-0.4, -0.2) is 47.8 Å². The topological polar surface area (TPSA) is 128 Å². The molecule has 1 aliphatic rings. The number of hydrogen-bond acceptors (Lipinski definition) is 5. The van der Waals surface area contributed by atoms with Gasteiger partial charge in [-0.15, -0.1) is 0 Å². The molecule has 1 heterocycles. The van der Waals surface area contributed by atoms with Crippen molar-refractivity contribution in [2.24, 2.45) is 0 Å². The van der Waals surface area contributed by atoms with Crippen LogP contribution in [0.4, 0.5) is 0 Å².